The van der Waals surface area contributed by atoms with Crippen LogP contribution in [0.1, 0.15) is 38.4 Å². The number of thioether (sulfide) groups is 1. The monoisotopic (exact) mass is 349 g/mol. The standard InChI is InChI=1S/C17H23N3O3S/c1-4-5-10-24-12(2)17(21)19-14-6-8-15(9-7-14)22-11-16-18-13(3)20-23-16/h6-9,12H,4-5,10-11H2,1-3H3,(H,19,21). The predicted molar refractivity (Wildman–Crippen MR) is 95.3 cm³/mol. The zero-order chi connectivity index (χ0) is 17.4. The van der Waals surface area contributed by atoms with Crippen molar-refractivity contribution in [3.8, 4) is 5.75 Å². The van der Waals surface area contributed by atoms with Crippen LogP contribution in [0.2, 0.25) is 0 Å². The molecule has 2 rings (SSSR count). The van der Waals surface area contributed by atoms with E-state index in [0.29, 0.717) is 17.5 Å². The average Bonchev–Trinajstić information content (AvgIpc) is 2.99. The summed E-state index contributed by atoms with van der Waals surface area (Å²) in [6.45, 7) is 6.05. The molecule has 24 heavy (non-hydrogen) atoms. The number of nitrogens with zero attached hydrogens (tertiary/aromatic N) is 2. The van der Waals surface area contributed by atoms with Gasteiger partial charge in [-0.2, -0.15) is 4.98 Å². The number of carbonyl (C=O) groups is 1. The van der Waals surface area contributed by atoms with Gasteiger partial charge in [-0.05, 0) is 50.3 Å². The molecule has 0 spiro atoms. The number of aryl methyl sites for hydroxylation is 1. The fraction of sp³-hybridized carbons (Fsp3) is 0.471. The second-order valence-electron chi connectivity index (χ2n) is 5.40. The lowest BCUT2D eigenvalue weighted by Crippen LogP contribution is -2.22. The quantitative estimate of drug-likeness (QED) is 0.694. The number of carbonyl (C=O) groups excluding carboxylic acids is 1. The molecule has 0 aliphatic heterocycles. The third-order valence-electron chi connectivity index (χ3n) is 3.29. The topological polar surface area (TPSA) is 77.2 Å². The molecule has 0 radical (unpaired) electrons. The van der Waals surface area contributed by atoms with Crippen molar-refractivity contribution in [2.75, 3.05) is 11.1 Å². The van der Waals surface area contributed by atoms with E-state index < -0.39 is 0 Å². The molecule has 0 saturated heterocycles. The van der Waals surface area contributed by atoms with E-state index in [-0.39, 0.29) is 17.8 Å². The van der Waals surface area contributed by atoms with Crippen LogP contribution >= 0.6 is 11.8 Å². The molecule has 0 aliphatic carbocycles. The molecular formula is C17H23N3O3S. The second kappa shape index (κ2) is 9.32. The maximum atomic E-state index is 12.1. The van der Waals surface area contributed by atoms with Crippen LogP contribution in [0, 0.1) is 6.92 Å². The Balaban J connectivity index is 1.79. The summed E-state index contributed by atoms with van der Waals surface area (Å²) in [7, 11) is 0. The summed E-state index contributed by atoms with van der Waals surface area (Å²) in [6.07, 6.45) is 2.28. The molecule has 0 bridgehead atoms. The Kier molecular flexibility index (Phi) is 7.11. The number of anilines is 1. The van der Waals surface area contributed by atoms with E-state index in [1.165, 1.54) is 0 Å². The summed E-state index contributed by atoms with van der Waals surface area (Å²) in [6, 6.07) is 7.23. The largest absolute Gasteiger partial charge is 0.484 e. The van der Waals surface area contributed by atoms with E-state index >= 15 is 0 Å². The minimum atomic E-state index is -0.0618. The molecule has 1 N–H and O–H groups in total. The van der Waals surface area contributed by atoms with Crippen molar-refractivity contribution in [1.82, 2.24) is 10.1 Å². The number of ether oxygens (including phenoxy) is 1. The molecule has 6 nitrogen and oxygen atoms in total. The molecule has 1 unspecified atom stereocenters. The highest BCUT2D eigenvalue weighted by Crippen LogP contribution is 2.19. The van der Waals surface area contributed by atoms with Crippen molar-refractivity contribution in [3.63, 3.8) is 0 Å². The highest BCUT2D eigenvalue weighted by molar-refractivity contribution is 8.00. The Morgan fingerprint density at radius 3 is 2.75 bits per heavy atom. The van der Waals surface area contributed by atoms with Crippen molar-refractivity contribution in [1.29, 1.82) is 0 Å². The molecule has 1 heterocycles. The number of hydrogen-bond donors (Lipinski definition) is 1. The van der Waals surface area contributed by atoms with Crippen LogP contribution in [0.3, 0.4) is 0 Å². The number of hydrogen-bond acceptors (Lipinski definition) is 6. The van der Waals surface area contributed by atoms with Crippen LogP contribution in [0.25, 0.3) is 0 Å². The highest BCUT2D eigenvalue weighted by Gasteiger charge is 2.13. The van der Waals surface area contributed by atoms with Gasteiger partial charge in [0.25, 0.3) is 5.89 Å². The molecule has 0 fully saturated rings. The van der Waals surface area contributed by atoms with Gasteiger partial charge < -0.3 is 14.6 Å². The Bertz CT molecular complexity index is 643. The minimum absolute atomic E-state index is 0.0195. The third kappa shape index (κ3) is 5.88. The lowest BCUT2D eigenvalue weighted by molar-refractivity contribution is -0.115. The first-order chi connectivity index (χ1) is 11.6. The van der Waals surface area contributed by atoms with E-state index in [1.807, 2.05) is 19.1 Å². The lowest BCUT2D eigenvalue weighted by Gasteiger charge is -2.12. The molecule has 1 aromatic carbocycles. The Hall–Kier alpha value is -2.02. The molecule has 0 aliphatic rings. The van der Waals surface area contributed by atoms with Gasteiger partial charge in [0.05, 0.1) is 5.25 Å². The number of benzene rings is 1. The predicted octanol–water partition coefficient (Wildman–Crippen LogP) is 3.82. The molecule has 130 valence electrons. The molecule has 0 saturated carbocycles. The third-order valence-corrected chi connectivity index (χ3v) is 4.53. The maximum absolute atomic E-state index is 12.1. The van der Waals surface area contributed by atoms with Gasteiger partial charge in [-0.1, -0.05) is 18.5 Å². The number of nitrogens with one attached hydrogen (secondary N) is 1. The lowest BCUT2D eigenvalue weighted by atomic mass is 10.3. The van der Waals surface area contributed by atoms with Gasteiger partial charge in [-0.3, -0.25) is 4.79 Å². The van der Waals surface area contributed by atoms with Gasteiger partial charge in [-0.25, -0.2) is 0 Å². The van der Waals surface area contributed by atoms with Crippen LogP contribution in [0.5, 0.6) is 5.75 Å². The molecule has 1 aromatic heterocycles. The number of unbranched alkanes of at least 4 members (excludes halogenated alkanes) is 1. The van der Waals surface area contributed by atoms with Crippen molar-refractivity contribution < 1.29 is 14.1 Å². The molecule has 2 aromatic rings. The molecule has 1 atom stereocenters. The molecule has 7 heteroatoms. The molecule has 1 amide bonds. The van der Waals surface area contributed by atoms with Gasteiger partial charge in [0, 0.05) is 5.69 Å². The van der Waals surface area contributed by atoms with Gasteiger partial charge in [0.2, 0.25) is 5.91 Å². The van der Waals surface area contributed by atoms with Crippen molar-refractivity contribution >= 4 is 23.4 Å². The Morgan fingerprint density at radius 1 is 1.38 bits per heavy atom. The second-order valence-corrected chi connectivity index (χ2v) is 6.85. The molecular weight excluding hydrogens is 326 g/mol. The average molecular weight is 349 g/mol. The maximum Gasteiger partial charge on any atom is 0.264 e. The van der Waals surface area contributed by atoms with E-state index in [4.69, 9.17) is 9.26 Å². The number of rotatable bonds is 9. The van der Waals surface area contributed by atoms with Crippen molar-refractivity contribution in [2.24, 2.45) is 0 Å². The van der Waals surface area contributed by atoms with Crippen LogP contribution in [-0.2, 0) is 11.4 Å². The van der Waals surface area contributed by atoms with Crippen LogP contribution < -0.4 is 10.1 Å². The Morgan fingerprint density at radius 2 is 2.12 bits per heavy atom. The minimum Gasteiger partial charge on any atom is -0.484 e. The van der Waals surface area contributed by atoms with Gasteiger partial charge in [0.1, 0.15) is 5.75 Å². The number of aromatic nitrogens is 2. The van der Waals surface area contributed by atoms with E-state index in [1.54, 1.807) is 30.8 Å². The zero-order valence-electron chi connectivity index (χ0n) is 14.2. The first-order valence-electron chi connectivity index (χ1n) is 8.03. The smallest absolute Gasteiger partial charge is 0.264 e. The van der Waals surface area contributed by atoms with Crippen molar-refractivity contribution in [3.05, 3.63) is 36.0 Å². The zero-order valence-corrected chi connectivity index (χ0v) is 15.1. The summed E-state index contributed by atoms with van der Waals surface area (Å²) in [5, 5.41) is 6.56. The first-order valence-corrected chi connectivity index (χ1v) is 9.08. The van der Waals surface area contributed by atoms with Gasteiger partial charge in [0.15, 0.2) is 12.4 Å². The van der Waals surface area contributed by atoms with E-state index in [9.17, 15) is 4.79 Å². The van der Waals surface area contributed by atoms with Crippen LogP contribution in [-0.4, -0.2) is 27.1 Å². The summed E-state index contributed by atoms with van der Waals surface area (Å²) in [4.78, 5) is 16.2. The SMILES string of the molecule is CCCCSC(C)C(=O)Nc1ccc(OCc2nc(C)no2)cc1. The fourth-order valence-corrected chi connectivity index (χ4v) is 2.92. The summed E-state index contributed by atoms with van der Waals surface area (Å²) < 4.78 is 10.5. The summed E-state index contributed by atoms with van der Waals surface area (Å²) in [5.41, 5.74) is 0.754. The highest BCUT2D eigenvalue weighted by atomic mass is 32.2. The summed E-state index contributed by atoms with van der Waals surface area (Å²) >= 11 is 1.68. The fourth-order valence-electron chi connectivity index (χ4n) is 1.90. The van der Waals surface area contributed by atoms with Crippen LogP contribution in [0.15, 0.2) is 28.8 Å². The van der Waals surface area contributed by atoms with Gasteiger partial charge in [-0.15, -0.1) is 11.8 Å². The first kappa shape index (κ1) is 18.3. The summed E-state index contributed by atoms with van der Waals surface area (Å²) in [5.74, 6) is 2.72. The normalized spacial score (nSPS) is 12.0. The van der Waals surface area contributed by atoms with Crippen LogP contribution in [0.4, 0.5) is 5.69 Å². The van der Waals surface area contributed by atoms with E-state index in [0.717, 1.165) is 24.3 Å². The number of amides is 1. The Labute approximate surface area is 146 Å². The van der Waals surface area contributed by atoms with Gasteiger partial charge >= 0.3 is 0 Å². The van der Waals surface area contributed by atoms with Crippen molar-refractivity contribution in [2.45, 2.75) is 45.5 Å². The van der Waals surface area contributed by atoms with E-state index in [2.05, 4.69) is 22.4 Å².